The number of carbonyl (C=O) groups excluding carboxylic acids is 5. The number of halogens is 1. The van der Waals surface area contributed by atoms with Crippen LogP contribution >= 0.6 is 0 Å². The van der Waals surface area contributed by atoms with E-state index in [2.05, 4.69) is 20.8 Å². The number of piperidine rings is 1. The van der Waals surface area contributed by atoms with Crippen LogP contribution in [0.3, 0.4) is 0 Å². The molecule has 49 heavy (non-hydrogen) atoms. The summed E-state index contributed by atoms with van der Waals surface area (Å²) in [6.45, 7) is 4.45. The molecule has 1 fully saturated rings. The van der Waals surface area contributed by atoms with Gasteiger partial charge in [0.2, 0.25) is 11.8 Å². The Balaban J connectivity index is 0.000000471. The molecule has 15 heteroatoms. The van der Waals surface area contributed by atoms with E-state index in [1.54, 1.807) is 41.0 Å². The summed E-state index contributed by atoms with van der Waals surface area (Å²) in [5.74, 6) is -2.41. The van der Waals surface area contributed by atoms with Gasteiger partial charge in [0.05, 0.1) is 36.5 Å². The summed E-state index contributed by atoms with van der Waals surface area (Å²) in [6, 6.07) is 8.38. The van der Waals surface area contributed by atoms with Crippen molar-refractivity contribution in [3.05, 3.63) is 48.5 Å². The first kappa shape index (κ1) is 36.5. The second kappa shape index (κ2) is 16.7. The molecule has 5 rings (SSSR count). The Labute approximate surface area is 281 Å². The van der Waals surface area contributed by atoms with Gasteiger partial charge in [-0.25, -0.2) is 4.39 Å². The number of aldehydes is 1. The number of hydrogen-bond donors (Lipinski definition) is 3. The maximum atomic E-state index is 15.3. The van der Waals surface area contributed by atoms with Crippen LogP contribution in [0.5, 0.6) is 0 Å². The zero-order chi connectivity index (χ0) is 35.7. The number of carboxylic acids is 1. The maximum absolute atomic E-state index is 15.3. The molecule has 14 nitrogen and oxygen atoms in total. The highest BCUT2D eigenvalue weighted by molar-refractivity contribution is 5.99. The third-order valence-corrected chi connectivity index (χ3v) is 8.29. The molecule has 1 aliphatic rings. The largest absolute Gasteiger partial charge is 0.480 e. The Bertz CT molecular complexity index is 1860. The highest BCUT2D eigenvalue weighted by Gasteiger charge is 2.30. The molecule has 0 unspecified atom stereocenters. The minimum absolute atomic E-state index is 0.0646. The highest BCUT2D eigenvalue weighted by Crippen LogP contribution is 2.33. The molecule has 3 heterocycles. The van der Waals surface area contributed by atoms with Crippen molar-refractivity contribution in [1.29, 1.82) is 0 Å². The molecule has 1 aliphatic heterocycles. The molecule has 0 aliphatic carbocycles. The van der Waals surface area contributed by atoms with E-state index in [1.165, 1.54) is 16.9 Å². The van der Waals surface area contributed by atoms with Gasteiger partial charge in [-0.05, 0) is 43.7 Å². The normalized spacial score (nSPS) is 13.3. The van der Waals surface area contributed by atoms with Gasteiger partial charge in [0.25, 0.3) is 5.91 Å². The van der Waals surface area contributed by atoms with Gasteiger partial charge in [0.15, 0.2) is 0 Å². The van der Waals surface area contributed by atoms with Gasteiger partial charge in [-0.2, -0.15) is 14.9 Å². The summed E-state index contributed by atoms with van der Waals surface area (Å²) in [7, 11) is 1.61. The van der Waals surface area contributed by atoms with E-state index in [1.807, 2.05) is 19.9 Å². The molecular formula is C34H40FN7O7. The van der Waals surface area contributed by atoms with Crippen LogP contribution in [0.25, 0.3) is 32.9 Å². The van der Waals surface area contributed by atoms with Crippen molar-refractivity contribution in [3.63, 3.8) is 0 Å². The van der Waals surface area contributed by atoms with Crippen molar-refractivity contribution in [2.45, 2.75) is 46.1 Å². The number of Topliss-reactive ketones (excluding diaryl/α,β-unsaturated/α-hetero) is 1. The van der Waals surface area contributed by atoms with Crippen molar-refractivity contribution in [2.75, 3.05) is 33.2 Å². The van der Waals surface area contributed by atoms with Crippen molar-refractivity contribution < 1.29 is 38.3 Å². The van der Waals surface area contributed by atoms with Crippen LogP contribution in [0.2, 0.25) is 0 Å². The first-order chi connectivity index (χ1) is 23.4. The molecule has 4 aromatic rings. The standard InChI is InChI=1S/C29H30FN5O4.C5H10N2O3/c1-18(2)27(37)6-7-28(38)33-10-8-19(9-11-33)29(39)35-26-15-22(24(30)14-20(26)16-32-35)21-4-3-5-25-23(21)17-31-34(25)12-13-36;1-6-2-4(8)7-3-5(9)10/h3-5,13-19H,6-12H2,1-2H3;6H,2-3H2,1H3,(H,7,8)(H,9,10). The first-order valence-corrected chi connectivity index (χ1v) is 16.0. The van der Waals surface area contributed by atoms with Crippen molar-refractivity contribution >= 4 is 57.6 Å². The van der Waals surface area contributed by atoms with Gasteiger partial charge in [-0.15, -0.1) is 0 Å². The number of aliphatic carboxylic acids is 1. The molecule has 2 amide bonds. The van der Waals surface area contributed by atoms with Crippen LogP contribution in [0, 0.1) is 17.7 Å². The molecule has 0 bridgehead atoms. The Morgan fingerprint density at radius 1 is 1.00 bits per heavy atom. The molecule has 260 valence electrons. The van der Waals surface area contributed by atoms with E-state index in [-0.39, 0.29) is 67.8 Å². The van der Waals surface area contributed by atoms with Crippen LogP contribution in [-0.4, -0.2) is 98.6 Å². The Morgan fingerprint density at radius 2 is 1.73 bits per heavy atom. The predicted octanol–water partition coefficient (Wildman–Crippen LogP) is 2.68. The molecule has 3 N–H and O–H groups in total. The Kier molecular flexibility index (Phi) is 12.4. The fourth-order valence-corrected chi connectivity index (χ4v) is 5.61. The summed E-state index contributed by atoms with van der Waals surface area (Å²) >= 11 is 0. The summed E-state index contributed by atoms with van der Waals surface area (Å²) in [5, 5.41) is 22.6. The van der Waals surface area contributed by atoms with Crippen LogP contribution in [0.15, 0.2) is 42.7 Å². The number of likely N-dealkylation sites (tertiary alicyclic amines) is 1. The van der Waals surface area contributed by atoms with Gasteiger partial charge in [-0.1, -0.05) is 26.0 Å². The quantitative estimate of drug-likeness (QED) is 0.188. The third-order valence-electron chi connectivity index (χ3n) is 8.29. The van der Waals surface area contributed by atoms with Crippen LogP contribution in [0.4, 0.5) is 4.39 Å². The van der Waals surface area contributed by atoms with E-state index in [0.29, 0.717) is 58.9 Å². The number of carbonyl (C=O) groups is 6. The van der Waals surface area contributed by atoms with Gasteiger partial charge in [0.1, 0.15) is 24.4 Å². The van der Waals surface area contributed by atoms with Crippen LogP contribution in [0.1, 0.15) is 44.3 Å². The lowest BCUT2D eigenvalue weighted by atomic mass is 9.95. The van der Waals surface area contributed by atoms with Crippen LogP contribution < -0.4 is 10.6 Å². The number of nitrogens with one attached hydrogen (secondary N) is 2. The van der Waals surface area contributed by atoms with Gasteiger partial charge >= 0.3 is 5.97 Å². The number of aromatic nitrogens is 4. The predicted molar refractivity (Wildman–Crippen MR) is 178 cm³/mol. The molecule has 2 aromatic heterocycles. The van der Waals surface area contributed by atoms with Gasteiger partial charge < -0.3 is 25.4 Å². The Hall–Kier alpha value is -5.31. The third kappa shape index (κ3) is 8.99. The van der Waals surface area contributed by atoms with E-state index in [9.17, 15) is 28.8 Å². The molecule has 0 saturated carbocycles. The Morgan fingerprint density at radius 3 is 2.39 bits per heavy atom. The summed E-state index contributed by atoms with van der Waals surface area (Å²) in [5.41, 5.74) is 2.12. The van der Waals surface area contributed by atoms with Crippen molar-refractivity contribution in [1.82, 2.24) is 35.1 Å². The minimum Gasteiger partial charge on any atom is -0.480 e. The zero-order valence-electron chi connectivity index (χ0n) is 27.6. The van der Waals surface area contributed by atoms with E-state index >= 15 is 4.39 Å². The number of ketones is 1. The second-order valence-corrected chi connectivity index (χ2v) is 12.0. The molecule has 0 spiro atoms. The summed E-state index contributed by atoms with van der Waals surface area (Å²) in [4.78, 5) is 71.0. The lowest BCUT2D eigenvalue weighted by Crippen LogP contribution is -2.41. The SMILES string of the molecule is CC(C)C(=O)CCC(=O)N1CCC(C(=O)n2ncc3cc(F)c(-c4cccc5c4cnn5CC=O)cc32)CC1.CNCC(=O)NCC(=O)O. The summed E-state index contributed by atoms with van der Waals surface area (Å²) in [6.07, 6.45) is 5.25. The zero-order valence-corrected chi connectivity index (χ0v) is 27.6. The van der Waals surface area contributed by atoms with Crippen molar-refractivity contribution in [2.24, 2.45) is 11.8 Å². The number of fused-ring (bicyclic) bond motifs is 2. The average Bonchev–Trinajstić information content (AvgIpc) is 3.70. The number of rotatable bonds is 12. The van der Waals surface area contributed by atoms with E-state index in [0.717, 1.165) is 6.29 Å². The maximum Gasteiger partial charge on any atom is 0.322 e. The minimum atomic E-state index is -1.04. The van der Waals surface area contributed by atoms with E-state index < -0.39 is 11.8 Å². The molecule has 1 saturated heterocycles. The summed E-state index contributed by atoms with van der Waals surface area (Å²) < 4.78 is 18.1. The number of amides is 2. The topological polar surface area (TPSA) is 186 Å². The fraction of sp³-hybridized carbons (Fsp3) is 0.412. The number of nitrogens with zero attached hydrogens (tertiary/aromatic N) is 5. The average molecular weight is 678 g/mol. The van der Waals surface area contributed by atoms with Gasteiger partial charge in [-0.3, -0.25) is 28.7 Å². The smallest absolute Gasteiger partial charge is 0.322 e. The van der Waals surface area contributed by atoms with E-state index in [4.69, 9.17) is 5.11 Å². The number of carboxylic acid groups (broad SMARTS) is 1. The second-order valence-electron chi connectivity index (χ2n) is 12.0. The molecular weight excluding hydrogens is 637 g/mol. The number of likely N-dealkylation sites (N-methyl/N-ethyl adjacent to an activating group) is 1. The number of hydrogen-bond acceptors (Lipinski definition) is 9. The lowest BCUT2D eigenvalue weighted by Gasteiger charge is -2.31. The lowest BCUT2D eigenvalue weighted by molar-refractivity contribution is -0.137. The van der Waals surface area contributed by atoms with Crippen molar-refractivity contribution in [3.8, 4) is 11.1 Å². The fourth-order valence-electron chi connectivity index (χ4n) is 5.61. The molecule has 2 aromatic carbocycles. The highest BCUT2D eigenvalue weighted by atomic mass is 19.1. The molecule has 0 atom stereocenters. The first-order valence-electron chi connectivity index (χ1n) is 16.0. The monoisotopic (exact) mass is 677 g/mol. The van der Waals surface area contributed by atoms with Gasteiger partial charge in [0, 0.05) is 54.1 Å². The number of benzene rings is 2. The van der Waals surface area contributed by atoms with Crippen LogP contribution in [-0.2, 0) is 30.5 Å². The molecule has 0 radical (unpaired) electrons.